The highest BCUT2D eigenvalue weighted by molar-refractivity contribution is 7.13. The number of nitrogens with one attached hydrogen (secondary N) is 1. The minimum Gasteiger partial charge on any atom is -0.366 e. The standard InChI is InChI=1S/C17H16N4O2S/c18-15(22)11-3-4-12-13(16(23)20-17-19-5-6-24-17)9-21(14(12)7-11)8-10-1-2-10/h3-7,9-10H,1-2,8H2,(H2,18,22)(H,19,20,23). The van der Waals surface area contributed by atoms with Crippen LogP contribution in [0.5, 0.6) is 0 Å². The van der Waals surface area contributed by atoms with E-state index in [1.54, 1.807) is 24.4 Å². The number of primary amides is 1. The Bertz CT molecular complexity index is 926. The van der Waals surface area contributed by atoms with Crippen molar-refractivity contribution < 1.29 is 9.59 Å². The van der Waals surface area contributed by atoms with Crippen LogP contribution in [0.1, 0.15) is 33.6 Å². The lowest BCUT2D eigenvalue weighted by Crippen LogP contribution is -2.11. The van der Waals surface area contributed by atoms with Crippen LogP contribution in [-0.2, 0) is 6.54 Å². The van der Waals surface area contributed by atoms with Crippen molar-refractivity contribution in [1.82, 2.24) is 9.55 Å². The molecule has 0 atom stereocenters. The Balaban J connectivity index is 1.76. The number of benzene rings is 1. The van der Waals surface area contributed by atoms with Gasteiger partial charge in [0, 0.05) is 40.8 Å². The summed E-state index contributed by atoms with van der Waals surface area (Å²) >= 11 is 1.37. The number of anilines is 1. The molecule has 2 amide bonds. The van der Waals surface area contributed by atoms with E-state index in [1.165, 1.54) is 24.2 Å². The Morgan fingerprint density at radius 3 is 2.88 bits per heavy atom. The monoisotopic (exact) mass is 340 g/mol. The van der Waals surface area contributed by atoms with Crippen LogP contribution in [0.15, 0.2) is 36.0 Å². The van der Waals surface area contributed by atoms with Gasteiger partial charge in [-0.15, -0.1) is 11.3 Å². The Labute approximate surface area is 142 Å². The molecule has 4 rings (SSSR count). The van der Waals surface area contributed by atoms with Gasteiger partial charge in [-0.3, -0.25) is 14.9 Å². The van der Waals surface area contributed by atoms with Crippen molar-refractivity contribution >= 4 is 39.2 Å². The van der Waals surface area contributed by atoms with Crippen molar-refractivity contribution in [3.05, 3.63) is 47.1 Å². The zero-order valence-corrected chi connectivity index (χ0v) is 13.7. The molecular weight excluding hydrogens is 324 g/mol. The molecule has 3 N–H and O–H groups in total. The lowest BCUT2D eigenvalue weighted by Gasteiger charge is -2.04. The van der Waals surface area contributed by atoms with Crippen LogP contribution in [0.25, 0.3) is 10.9 Å². The minimum atomic E-state index is -0.468. The molecule has 0 saturated heterocycles. The Morgan fingerprint density at radius 1 is 1.38 bits per heavy atom. The highest BCUT2D eigenvalue weighted by Crippen LogP contribution is 2.33. The zero-order chi connectivity index (χ0) is 16.7. The molecule has 2 aromatic heterocycles. The largest absolute Gasteiger partial charge is 0.366 e. The number of nitrogens with two attached hydrogens (primary N) is 1. The van der Waals surface area contributed by atoms with Crippen LogP contribution in [-0.4, -0.2) is 21.4 Å². The molecule has 0 aliphatic heterocycles. The van der Waals surface area contributed by atoms with E-state index in [2.05, 4.69) is 14.9 Å². The molecule has 122 valence electrons. The van der Waals surface area contributed by atoms with Gasteiger partial charge in [0.15, 0.2) is 5.13 Å². The number of nitrogens with zero attached hydrogens (tertiary/aromatic N) is 2. The molecule has 1 aliphatic carbocycles. The van der Waals surface area contributed by atoms with Gasteiger partial charge < -0.3 is 10.3 Å². The number of carbonyl (C=O) groups is 2. The number of thiazole rings is 1. The number of rotatable bonds is 5. The van der Waals surface area contributed by atoms with Crippen LogP contribution in [0.3, 0.4) is 0 Å². The fourth-order valence-corrected chi connectivity index (χ4v) is 3.33. The normalized spacial score (nSPS) is 14.0. The second kappa shape index (κ2) is 5.76. The van der Waals surface area contributed by atoms with E-state index in [0.29, 0.717) is 22.2 Å². The van der Waals surface area contributed by atoms with Gasteiger partial charge in [-0.2, -0.15) is 0 Å². The van der Waals surface area contributed by atoms with Gasteiger partial charge in [0.2, 0.25) is 5.91 Å². The zero-order valence-electron chi connectivity index (χ0n) is 12.9. The van der Waals surface area contributed by atoms with Crippen molar-refractivity contribution in [3.8, 4) is 0 Å². The molecule has 1 saturated carbocycles. The van der Waals surface area contributed by atoms with Gasteiger partial charge in [-0.25, -0.2) is 4.98 Å². The maximum Gasteiger partial charge on any atom is 0.259 e. The first kappa shape index (κ1) is 14.9. The van der Waals surface area contributed by atoms with Crippen molar-refractivity contribution in [3.63, 3.8) is 0 Å². The number of hydrogen-bond acceptors (Lipinski definition) is 4. The minimum absolute atomic E-state index is 0.198. The van der Waals surface area contributed by atoms with Crippen LogP contribution >= 0.6 is 11.3 Å². The molecule has 3 aromatic rings. The first-order valence-corrected chi connectivity index (χ1v) is 8.63. The SMILES string of the molecule is NC(=O)c1ccc2c(C(=O)Nc3nccs3)cn(CC3CC3)c2c1. The first-order chi connectivity index (χ1) is 11.6. The lowest BCUT2D eigenvalue weighted by molar-refractivity contribution is 0.0998. The maximum atomic E-state index is 12.6. The summed E-state index contributed by atoms with van der Waals surface area (Å²) in [6, 6.07) is 5.21. The Kier molecular flexibility index (Phi) is 3.57. The molecule has 1 aromatic carbocycles. The van der Waals surface area contributed by atoms with Crippen molar-refractivity contribution in [2.75, 3.05) is 5.32 Å². The number of hydrogen-bond donors (Lipinski definition) is 2. The molecule has 24 heavy (non-hydrogen) atoms. The van der Waals surface area contributed by atoms with E-state index < -0.39 is 5.91 Å². The third-order valence-corrected chi connectivity index (χ3v) is 4.90. The number of aromatic nitrogens is 2. The lowest BCUT2D eigenvalue weighted by atomic mass is 10.1. The number of carbonyl (C=O) groups excluding carboxylic acids is 2. The molecular formula is C17H16N4O2S. The summed E-state index contributed by atoms with van der Waals surface area (Å²) < 4.78 is 2.05. The molecule has 2 heterocycles. The molecule has 1 aliphatic rings. The Hall–Kier alpha value is -2.67. The number of fused-ring (bicyclic) bond motifs is 1. The van der Waals surface area contributed by atoms with Gasteiger partial charge in [-0.05, 0) is 30.9 Å². The van der Waals surface area contributed by atoms with E-state index in [9.17, 15) is 9.59 Å². The van der Waals surface area contributed by atoms with Crippen molar-refractivity contribution in [1.29, 1.82) is 0 Å². The third-order valence-electron chi connectivity index (χ3n) is 4.22. The molecule has 6 nitrogen and oxygen atoms in total. The van der Waals surface area contributed by atoms with E-state index in [4.69, 9.17) is 5.73 Å². The number of amides is 2. The highest BCUT2D eigenvalue weighted by atomic mass is 32.1. The van der Waals surface area contributed by atoms with Gasteiger partial charge in [0.05, 0.1) is 5.56 Å². The van der Waals surface area contributed by atoms with Crippen molar-refractivity contribution in [2.24, 2.45) is 11.7 Å². The maximum absolute atomic E-state index is 12.6. The van der Waals surface area contributed by atoms with E-state index >= 15 is 0 Å². The quantitative estimate of drug-likeness (QED) is 0.748. The van der Waals surface area contributed by atoms with E-state index in [-0.39, 0.29) is 5.91 Å². The molecule has 0 spiro atoms. The topological polar surface area (TPSA) is 90.0 Å². The van der Waals surface area contributed by atoms with Crippen LogP contribution < -0.4 is 11.1 Å². The summed E-state index contributed by atoms with van der Waals surface area (Å²) in [6.45, 7) is 0.850. The van der Waals surface area contributed by atoms with Gasteiger partial charge >= 0.3 is 0 Å². The molecule has 0 bridgehead atoms. The molecule has 1 fully saturated rings. The molecule has 0 unspecified atom stereocenters. The van der Waals surface area contributed by atoms with Crippen LogP contribution in [0.4, 0.5) is 5.13 Å². The van der Waals surface area contributed by atoms with E-state index in [1.807, 2.05) is 11.6 Å². The van der Waals surface area contributed by atoms with Crippen LogP contribution in [0, 0.1) is 5.92 Å². The second-order valence-electron chi connectivity index (χ2n) is 6.03. The fourth-order valence-electron chi connectivity index (χ4n) is 2.81. The fraction of sp³-hybridized carbons (Fsp3) is 0.235. The van der Waals surface area contributed by atoms with Crippen LogP contribution in [0.2, 0.25) is 0 Å². The predicted molar refractivity (Wildman–Crippen MR) is 93.2 cm³/mol. The summed E-state index contributed by atoms with van der Waals surface area (Å²) in [7, 11) is 0. The van der Waals surface area contributed by atoms with Crippen molar-refractivity contribution in [2.45, 2.75) is 19.4 Å². The summed E-state index contributed by atoms with van der Waals surface area (Å²) in [6.07, 6.45) is 5.91. The average molecular weight is 340 g/mol. The van der Waals surface area contributed by atoms with Gasteiger partial charge in [-0.1, -0.05) is 6.07 Å². The second-order valence-corrected chi connectivity index (χ2v) is 6.92. The first-order valence-electron chi connectivity index (χ1n) is 7.75. The van der Waals surface area contributed by atoms with Gasteiger partial charge in [0.25, 0.3) is 5.91 Å². The average Bonchev–Trinajstić information content (AvgIpc) is 3.09. The Morgan fingerprint density at radius 2 is 2.21 bits per heavy atom. The summed E-state index contributed by atoms with van der Waals surface area (Å²) in [4.78, 5) is 28.2. The highest BCUT2D eigenvalue weighted by Gasteiger charge is 2.24. The predicted octanol–water partition coefficient (Wildman–Crippen LogP) is 2.86. The summed E-state index contributed by atoms with van der Waals surface area (Å²) in [5, 5.41) is 6.01. The van der Waals surface area contributed by atoms with E-state index in [0.717, 1.165) is 17.4 Å². The van der Waals surface area contributed by atoms with Gasteiger partial charge in [0.1, 0.15) is 0 Å². The third kappa shape index (κ3) is 2.78. The summed E-state index contributed by atoms with van der Waals surface area (Å²) in [5.74, 6) is -0.0195. The molecule has 7 heteroatoms. The smallest absolute Gasteiger partial charge is 0.259 e. The summed E-state index contributed by atoms with van der Waals surface area (Å²) in [5.41, 5.74) is 7.28. The molecule has 0 radical (unpaired) electrons.